The molecule has 8 nitrogen and oxygen atoms in total. The number of amides is 2. The molecule has 43 heavy (non-hydrogen) atoms. The molecular weight excluding hydrogens is 633 g/mol. The summed E-state index contributed by atoms with van der Waals surface area (Å²) in [4.78, 5) is 29.2. The van der Waals surface area contributed by atoms with Crippen LogP contribution in [0.3, 0.4) is 0 Å². The number of benzene rings is 3. The zero-order valence-corrected chi connectivity index (χ0v) is 27.0. The molecule has 1 atom stereocenters. The standard InChI is InChI=1S/C31H34Cl3N3O5S/c1-3-29(31(39)35-22-9-4-5-10-22)36(19-26-27(33)12-7-13-28(26)34)30(38)20-37(23-11-6-8-21(32)18-23)43(40,41)25-16-14-24(42-2)15-17-25/h6-8,11-18,22,29H,3-5,9-10,19-20H2,1-2H3,(H,35,39). The molecule has 4 rings (SSSR count). The van der Waals surface area contributed by atoms with Gasteiger partial charge in [0.25, 0.3) is 10.0 Å². The van der Waals surface area contributed by atoms with Gasteiger partial charge in [-0.25, -0.2) is 8.42 Å². The lowest BCUT2D eigenvalue weighted by Gasteiger charge is -2.34. The van der Waals surface area contributed by atoms with Gasteiger partial charge in [-0.05, 0) is 73.9 Å². The molecule has 0 aromatic heterocycles. The number of nitrogens with zero attached hydrogens (tertiary/aromatic N) is 2. The number of hydrogen-bond acceptors (Lipinski definition) is 5. The minimum Gasteiger partial charge on any atom is -0.497 e. The van der Waals surface area contributed by atoms with Crippen molar-refractivity contribution < 1.29 is 22.7 Å². The lowest BCUT2D eigenvalue weighted by Crippen LogP contribution is -2.53. The molecule has 0 spiro atoms. The number of halogens is 3. The van der Waals surface area contributed by atoms with Gasteiger partial charge in [0.1, 0.15) is 18.3 Å². The first-order valence-electron chi connectivity index (χ1n) is 14.0. The summed E-state index contributed by atoms with van der Waals surface area (Å²) in [6.07, 6.45) is 4.08. The molecule has 0 bridgehead atoms. The summed E-state index contributed by atoms with van der Waals surface area (Å²) in [5.74, 6) is -0.439. The summed E-state index contributed by atoms with van der Waals surface area (Å²) in [5.41, 5.74) is 0.648. The van der Waals surface area contributed by atoms with E-state index in [1.165, 1.54) is 42.3 Å². The number of rotatable bonds is 12. The third-order valence-corrected chi connectivity index (χ3v) is 10.2. The molecule has 0 heterocycles. The van der Waals surface area contributed by atoms with Crippen LogP contribution in [0.15, 0.2) is 71.6 Å². The van der Waals surface area contributed by atoms with Gasteiger partial charge >= 0.3 is 0 Å². The van der Waals surface area contributed by atoms with Crippen molar-refractivity contribution in [2.24, 2.45) is 0 Å². The lowest BCUT2D eigenvalue weighted by atomic mass is 10.1. The van der Waals surface area contributed by atoms with E-state index in [1.807, 2.05) is 0 Å². The Bertz CT molecular complexity index is 1530. The van der Waals surface area contributed by atoms with Gasteiger partial charge in [0.05, 0.1) is 17.7 Å². The molecule has 1 saturated carbocycles. The van der Waals surface area contributed by atoms with E-state index in [2.05, 4.69) is 5.32 Å². The minimum absolute atomic E-state index is 0.0285. The van der Waals surface area contributed by atoms with Gasteiger partial charge in [0, 0.05) is 33.2 Å². The summed E-state index contributed by atoms with van der Waals surface area (Å²) < 4.78 is 34.2. The number of anilines is 1. The first-order valence-corrected chi connectivity index (χ1v) is 16.6. The second-order valence-electron chi connectivity index (χ2n) is 10.3. The van der Waals surface area contributed by atoms with Crippen LogP contribution in [0.4, 0.5) is 5.69 Å². The van der Waals surface area contributed by atoms with Crippen molar-refractivity contribution in [1.29, 1.82) is 0 Å². The van der Waals surface area contributed by atoms with Crippen LogP contribution < -0.4 is 14.4 Å². The Hall–Kier alpha value is -2.98. The molecule has 0 aliphatic heterocycles. The van der Waals surface area contributed by atoms with Crippen molar-refractivity contribution in [3.05, 3.63) is 87.4 Å². The Morgan fingerprint density at radius 3 is 2.19 bits per heavy atom. The molecule has 1 aliphatic rings. The number of methoxy groups -OCH3 is 1. The van der Waals surface area contributed by atoms with Crippen molar-refractivity contribution in [2.75, 3.05) is 18.0 Å². The second-order valence-corrected chi connectivity index (χ2v) is 13.4. The maximum Gasteiger partial charge on any atom is 0.264 e. The molecule has 230 valence electrons. The van der Waals surface area contributed by atoms with Gasteiger partial charge < -0.3 is 15.0 Å². The largest absolute Gasteiger partial charge is 0.497 e. The average Bonchev–Trinajstić information content (AvgIpc) is 3.50. The van der Waals surface area contributed by atoms with Gasteiger partial charge in [-0.3, -0.25) is 13.9 Å². The van der Waals surface area contributed by atoms with Crippen LogP contribution in [-0.2, 0) is 26.2 Å². The van der Waals surface area contributed by atoms with E-state index < -0.39 is 28.5 Å². The van der Waals surface area contributed by atoms with E-state index in [0.29, 0.717) is 26.4 Å². The molecule has 12 heteroatoms. The predicted molar refractivity (Wildman–Crippen MR) is 170 cm³/mol. The fraction of sp³-hybridized carbons (Fsp3) is 0.355. The highest BCUT2D eigenvalue weighted by Crippen LogP contribution is 2.30. The third-order valence-electron chi connectivity index (χ3n) is 7.50. The van der Waals surface area contributed by atoms with E-state index in [0.717, 1.165) is 30.0 Å². The normalized spacial score (nSPS) is 14.3. The summed E-state index contributed by atoms with van der Waals surface area (Å²) in [7, 11) is -2.79. The molecule has 3 aromatic carbocycles. The van der Waals surface area contributed by atoms with Gasteiger partial charge in [-0.2, -0.15) is 0 Å². The fourth-order valence-corrected chi connectivity index (χ4v) is 7.28. The quantitative estimate of drug-likeness (QED) is 0.232. The van der Waals surface area contributed by atoms with Crippen molar-refractivity contribution in [1.82, 2.24) is 10.2 Å². The highest BCUT2D eigenvalue weighted by atomic mass is 35.5. The van der Waals surface area contributed by atoms with E-state index in [1.54, 1.807) is 43.3 Å². The van der Waals surface area contributed by atoms with Crippen LogP contribution in [0.2, 0.25) is 15.1 Å². The van der Waals surface area contributed by atoms with E-state index in [-0.39, 0.29) is 35.5 Å². The second kappa shape index (κ2) is 14.7. The Balaban J connectivity index is 1.75. The van der Waals surface area contributed by atoms with E-state index in [4.69, 9.17) is 39.5 Å². The van der Waals surface area contributed by atoms with Crippen LogP contribution in [0.5, 0.6) is 5.75 Å². The lowest BCUT2D eigenvalue weighted by molar-refractivity contribution is -0.140. The number of ether oxygens (including phenoxy) is 1. The monoisotopic (exact) mass is 665 g/mol. The van der Waals surface area contributed by atoms with Crippen molar-refractivity contribution in [2.45, 2.75) is 62.6 Å². The highest BCUT2D eigenvalue weighted by molar-refractivity contribution is 7.92. The maximum absolute atomic E-state index is 14.3. The summed E-state index contributed by atoms with van der Waals surface area (Å²) in [5, 5.41) is 4.03. The third kappa shape index (κ3) is 7.95. The number of sulfonamides is 1. The van der Waals surface area contributed by atoms with Crippen LogP contribution in [-0.4, -0.2) is 50.9 Å². The molecule has 0 radical (unpaired) electrons. The van der Waals surface area contributed by atoms with Crippen LogP contribution in [0.1, 0.15) is 44.6 Å². The molecule has 0 saturated heterocycles. The maximum atomic E-state index is 14.3. The van der Waals surface area contributed by atoms with Gasteiger partial charge in [-0.15, -0.1) is 0 Å². The van der Waals surface area contributed by atoms with E-state index >= 15 is 0 Å². The predicted octanol–water partition coefficient (Wildman–Crippen LogP) is 6.72. The minimum atomic E-state index is -4.27. The summed E-state index contributed by atoms with van der Waals surface area (Å²) >= 11 is 19.2. The molecule has 1 fully saturated rings. The van der Waals surface area contributed by atoms with Gasteiger partial charge in [0.2, 0.25) is 11.8 Å². The van der Waals surface area contributed by atoms with Crippen molar-refractivity contribution in [3.8, 4) is 5.75 Å². The SMILES string of the molecule is CCC(C(=O)NC1CCCC1)N(Cc1c(Cl)cccc1Cl)C(=O)CN(c1cccc(Cl)c1)S(=O)(=O)c1ccc(OC)cc1. The Morgan fingerprint density at radius 1 is 0.977 bits per heavy atom. The molecule has 1 N–H and O–H groups in total. The number of hydrogen-bond donors (Lipinski definition) is 1. The highest BCUT2D eigenvalue weighted by Gasteiger charge is 2.35. The molecule has 1 unspecified atom stereocenters. The zero-order valence-electron chi connectivity index (χ0n) is 23.9. The Labute approximate surface area is 267 Å². The van der Waals surface area contributed by atoms with Crippen molar-refractivity contribution >= 4 is 62.3 Å². The number of nitrogens with one attached hydrogen (secondary N) is 1. The van der Waals surface area contributed by atoms with E-state index in [9.17, 15) is 18.0 Å². The average molecular weight is 667 g/mol. The van der Waals surface area contributed by atoms with Gasteiger partial charge in [-0.1, -0.05) is 66.7 Å². The smallest absolute Gasteiger partial charge is 0.264 e. The zero-order chi connectivity index (χ0) is 31.1. The Kier molecular flexibility index (Phi) is 11.2. The molecule has 2 amide bonds. The number of carbonyl (C=O) groups is 2. The fourth-order valence-electron chi connectivity index (χ4n) is 5.18. The molecule has 3 aromatic rings. The molecule has 1 aliphatic carbocycles. The van der Waals surface area contributed by atoms with Crippen LogP contribution in [0, 0.1) is 0 Å². The Morgan fingerprint density at radius 2 is 1.60 bits per heavy atom. The molecular formula is C31H34Cl3N3O5S. The van der Waals surface area contributed by atoms with Crippen LogP contribution >= 0.6 is 34.8 Å². The summed E-state index contributed by atoms with van der Waals surface area (Å²) in [6, 6.07) is 16.2. The summed E-state index contributed by atoms with van der Waals surface area (Å²) in [6.45, 7) is 1.10. The van der Waals surface area contributed by atoms with Gasteiger partial charge in [0.15, 0.2) is 0 Å². The first kappa shape index (κ1) is 32.9. The van der Waals surface area contributed by atoms with Crippen molar-refractivity contribution in [3.63, 3.8) is 0 Å². The first-order chi connectivity index (χ1) is 20.5. The number of carbonyl (C=O) groups excluding carboxylic acids is 2. The topological polar surface area (TPSA) is 96.0 Å². The van der Waals surface area contributed by atoms with Crippen LogP contribution in [0.25, 0.3) is 0 Å².